The third kappa shape index (κ3) is 1.34. The van der Waals surface area contributed by atoms with Crippen LogP contribution in [-0.2, 0) is 4.79 Å². The van der Waals surface area contributed by atoms with E-state index in [2.05, 4.69) is 13.8 Å². The van der Waals surface area contributed by atoms with Crippen molar-refractivity contribution in [2.45, 2.75) is 46.5 Å². The highest BCUT2D eigenvalue weighted by Crippen LogP contribution is 2.58. The maximum atomic E-state index is 11.5. The van der Waals surface area contributed by atoms with Crippen LogP contribution in [0.3, 0.4) is 0 Å². The average molecular weight is 192 g/mol. The summed E-state index contributed by atoms with van der Waals surface area (Å²) in [6.45, 7) is 6.57. The maximum Gasteiger partial charge on any atom is 0.155 e. The first-order chi connectivity index (χ1) is 6.55. The van der Waals surface area contributed by atoms with Gasteiger partial charge in [-0.2, -0.15) is 0 Å². The molecular weight excluding hydrogens is 172 g/mol. The molecule has 2 saturated carbocycles. The first kappa shape index (κ1) is 9.95. The third-order valence-electron chi connectivity index (χ3n) is 4.30. The van der Waals surface area contributed by atoms with Gasteiger partial charge in [-0.05, 0) is 42.6 Å². The molecule has 2 bridgehead atoms. The minimum Gasteiger partial charge on any atom is -0.295 e. The van der Waals surface area contributed by atoms with Crippen LogP contribution in [0.15, 0.2) is 11.6 Å². The van der Waals surface area contributed by atoms with Gasteiger partial charge in [-0.1, -0.05) is 26.3 Å². The van der Waals surface area contributed by atoms with Crippen LogP contribution >= 0.6 is 0 Å². The molecule has 78 valence electrons. The maximum absolute atomic E-state index is 11.5. The molecule has 1 nitrogen and oxygen atoms in total. The standard InChI is InChI=1S/C13H20O/c1-4-11(14)8-12-9-5-6-10(7-9)13(12,2)3/h8-10H,4-7H2,1-3H3. The molecule has 2 atom stereocenters. The van der Waals surface area contributed by atoms with Gasteiger partial charge in [0.1, 0.15) is 0 Å². The Labute approximate surface area is 86.6 Å². The van der Waals surface area contributed by atoms with E-state index in [0.29, 0.717) is 17.6 Å². The summed E-state index contributed by atoms with van der Waals surface area (Å²) >= 11 is 0. The predicted molar refractivity (Wildman–Crippen MR) is 58.0 cm³/mol. The van der Waals surface area contributed by atoms with Crippen molar-refractivity contribution in [2.75, 3.05) is 0 Å². The first-order valence-corrected chi connectivity index (χ1v) is 5.80. The van der Waals surface area contributed by atoms with Crippen molar-refractivity contribution >= 4 is 5.78 Å². The fourth-order valence-electron chi connectivity index (χ4n) is 3.26. The summed E-state index contributed by atoms with van der Waals surface area (Å²) in [5.41, 5.74) is 1.74. The molecule has 0 aromatic heterocycles. The lowest BCUT2D eigenvalue weighted by Gasteiger charge is -2.32. The summed E-state index contributed by atoms with van der Waals surface area (Å²) in [6.07, 6.45) is 6.61. The summed E-state index contributed by atoms with van der Waals surface area (Å²) in [4.78, 5) is 11.5. The fraction of sp³-hybridized carbons (Fsp3) is 0.769. The highest BCUT2D eigenvalue weighted by molar-refractivity contribution is 5.90. The van der Waals surface area contributed by atoms with Crippen molar-refractivity contribution in [3.05, 3.63) is 11.6 Å². The van der Waals surface area contributed by atoms with Gasteiger partial charge in [0, 0.05) is 6.42 Å². The molecule has 0 aromatic rings. The number of carbonyl (C=O) groups is 1. The second kappa shape index (κ2) is 3.22. The molecule has 14 heavy (non-hydrogen) atoms. The van der Waals surface area contributed by atoms with Crippen LogP contribution in [0, 0.1) is 17.3 Å². The van der Waals surface area contributed by atoms with Crippen molar-refractivity contribution in [2.24, 2.45) is 17.3 Å². The van der Waals surface area contributed by atoms with Gasteiger partial charge in [-0.25, -0.2) is 0 Å². The second-order valence-electron chi connectivity index (χ2n) is 5.35. The molecule has 2 unspecified atom stereocenters. The molecule has 2 rings (SSSR count). The summed E-state index contributed by atoms with van der Waals surface area (Å²) in [7, 11) is 0. The normalized spacial score (nSPS) is 36.6. The van der Waals surface area contributed by atoms with Gasteiger partial charge in [0.2, 0.25) is 0 Å². The van der Waals surface area contributed by atoms with Crippen LogP contribution in [0.4, 0.5) is 0 Å². The summed E-state index contributed by atoms with van der Waals surface area (Å²) < 4.78 is 0. The molecule has 2 aliphatic carbocycles. The summed E-state index contributed by atoms with van der Waals surface area (Å²) in [5.74, 6) is 1.87. The number of carbonyl (C=O) groups excluding carboxylic acids is 1. The molecule has 0 amide bonds. The minimum absolute atomic E-state index is 0.299. The number of hydrogen-bond donors (Lipinski definition) is 0. The monoisotopic (exact) mass is 192 g/mol. The van der Waals surface area contributed by atoms with Crippen LogP contribution in [0.25, 0.3) is 0 Å². The Hall–Kier alpha value is -0.590. The number of rotatable bonds is 2. The van der Waals surface area contributed by atoms with Gasteiger partial charge < -0.3 is 0 Å². The topological polar surface area (TPSA) is 17.1 Å². The summed E-state index contributed by atoms with van der Waals surface area (Å²) in [5, 5.41) is 0. The molecule has 2 aliphatic rings. The Balaban J connectivity index is 2.27. The summed E-state index contributed by atoms with van der Waals surface area (Å²) in [6, 6.07) is 0. The molecule has 0 spiro atoms. The molecule has 1 heteroatoms. The lowest BCUT2D eigenvalue weighted by Crippen LogP contribution is -2.23. The zero-order chi connectivity index (χ0) is 10.3. The quantitative estimate of drug-likeness (QED) is 0.613. The lowest BCUT2D eigenvalue weighted by atomic mass is 9.72. The van der Waals surface area contributed by atoms with E-state index in [0.717, 1.165) is 11.8 Å². The van der Waals surface area contributed by atoms with Crippen LogP contribution in [0.1, 0.15) is 46.5 Å². The molecule has 2 fully saturated rings. The minimum atomic E-state index is 0.299. The van der Waals surface area contributed by atoms with E-state index in [1.165, 1.54) is 24.8 Å². The molecule has 0 heterocycles. The van der Waals surface area contributed by atoms with Crippen molar-refractivity contribution in [1.29, 1.82) is 0 Å². The van der Waals surface area contributed by atoms with E-state index in [1.54, 1.807) is 0 Å². The highest BCUT2D eigenvalue weighted by Gasteiger charge is 2.48. The third-order valence-corrected chi connectivity index (χ3v) is 4.30. The number of allylic oxidation sites excluding steroid dienone is 2. The van der Waals surface area contributed by atoms with Gasteiger partial charge in [-0.15, -0.1) is 0 Å². The number of fused-ring (bicyclic) bond motifs is 2. The van der Waals surface area contributed by atoms with E-state index in [1.807, 2.05) is 13.0 Å². The van der Waals surface area contributed by atoms with Crippen molar-refractivity contribution in [3.8, 4) is 0 Å². The van der Waals surface area contributed by atoms with Crippen LogP contribution in [0.5, 0.6) is 0 Å². The fourth-order valence-corrected chi connectivity index (χ4v) is 3.26. The Kier molecular flexibility index (Phi) is 2.29. The number of hydrogen-bond acceptors (Lipinski definition) is 1. The van der Waals surface area contributed by atoms with E-state index in [4.69, 9.17) is 0 Å². The van der Waals surface area contributed by atoms with Gasteiger partial charge in [0.15, 0.2) is 5.78 Å². The molecular formula is C13H20O. The van der Waals surface area contributed by atoms with Crippen molar-refractivity contribution in [1.82, 2.24) is 0 Å². The lowest BCUT2D eigenvalue weighted by molar-refractivity contribution is -0.114. The van der Waals surface area contributed by atoms with Crippen LogP contribution in [-0.4, -0.2) is 5.78 Å². The molecule has 0 radical (unpaired) electrons. The highest BCUT2D eigenvalue weighted by atomic mass is 16.1. The molecule has 0 N–H and O–H groups in total. The Bertz CT molecular complexity index is 286. The average Bonchev–Trinajstić information content (AvgIpc) is 2.68. The van der Waals surface area contributed by atoms with Gasteiger partial charge in [0.05, 0.1) is 0 Å². The van der Waals surface area contributed by atoms with Crippen LogP contribution in [0.2, 0.25) is 0 Å². The van der Waals surface area contributed by atoms with E-state index >= 15 is 0 Å². The van der Waals surface area contributed by atoms with E-state index < -0.39 is 0 Å². The first-order valence-electron chi connectivity index (χ1n) is 5.80. The predicted octanol–water partition coefficient (Wildman–Crippen LogP) is 3.35. The van der Waals surface area contributed by atoms with Gasteiger partial charge >= 0.3 is 0 Å². The second-order valence-corrected chi connectivity index (χ2v) is 5.35. The smallest absolute Gasteiger partial charge is 0.155 e. The zero-order valence-electron chi connectivity index (χ0n) is 9.47. The molecule has 0 aliphatic heterocycles. The van der Waals surface area contributed by atoms with Crippen molar-refractivity contribution in [3.63, 3.8) is 0 Å². The number of ketones is 1. The molecule has 0 aromatic carbocycles. The van der Waals surface area contributed by atoms with E-state index in [9.17, 15) is 4.79 Å². The van der Waals surface area contributed by atoms with Gasteiger partial charge in [-0.3, -0.25) is 4.79 Å². The molecule has 0 saturated heterocycles. The Morgan fingerprint density at radius 2 is 2.21 bits per heavy atom. The van der Waals surface area contributed by atoms with Crippen LogP contribution < -0.4 is 0 Å². The van der Waals surface area contributed by atoms with Crippen molar-refractivity contribution < 1.29 is 4.79 Å². The Morgan fingerprint density at radius 3 is 2.71 bits per heavy atom. The van der Waals surface area contributed by atoms with E-state index in [-0.39, 0.29) is 0 Å². The zero-order valence-corrected chi connectivity index (χ0v) is 9.47. The Morgan fingerprint density at radius 1 is 1.50 bits per heavy atom. The SMILES string of the molecule is CCC(=O)C=C1C2CCC(C2)C1(C)C. The van der Waals surface area contributed by atoms with Gasteiger partial charge in [0.25, 0.3) is 0 Å². The largest absolute Gasteiger partial charge is 0.295 e.